The summed E-state index contributed by atoms with van der Waals surface area (Å²) in [6.45, 7) is 1.41. The van der Waals surface area contributed by atoms with Crippen LogP contribution < -0.4 is 10.0 Å². The molecule has 2 atom stereocenters. The molecule has 0 aromatic heterocycles. The SMILES string of the molecule is CC(=O)Nc1ccc(S(=O)(=O)NC2CCCCC2Br)cc1. The van der Waals surface area contributed by atoms with Gasteiger partial charge in [-0.05, 0) is 37.1 Å². The van der Waals surface area contributed by atoms with E-state index in [2.05, 4.69) is 26.0 Å². The molecule has 21 heavy (non-hydrogen) atoms. The molecule has 2 unspecified atom stereocenters. The van der Waals surface area contributed by atoms with Gasteiger partial charge in [0.15, 0.2) is 0 Å². The van der Waals surface area contributed by atoms with Crippen molar-refractivity contribution >= 4 is 37.5 Å². The monoisotopic (exact) mass is 374 g/mol. The van der Waals surface area contributed by atoms with E-state index in [-0.39, 0.29) is 21.7 Å². The van der Waals surface area contributed by atoms with Crippen molar-refractivity contribution in [1.29, 1.82) is 0 Å². The summed E-state index contributed by atoms with van der Waals surface area (Å²) in [7, 11) is -3.53. The molecule has 1 aromatic rings. The molecule has 1 aliphatic rings. The first-order chi connectivity index (χ1) is 9.88. The van der Waals surface area contributed by atoms with Gasteiger partial charge in [0.25, 0.3) is 0 Å². The fourth-order valence-electron chi connectivity index (χ4n) is 2.41. The predicted octanol–water partition coefficient (Wildman–Crippen LogP) is 2.63. The maximum atomic E-state index is 12.4. The Labute approximate surface area is 133 Å². The highest BCUT2D eigenvalue weighted by molar-refractivity contribution is 9.09. The third kappa shape index (κ3) is 4.52. The number of nitrogens with one attached hydrogen (secondary N) is 2. The number of carbonyl (C=O) groups excluding carboxylic acids is 1. The minimum atomic E-state index is -3.53. The summed E-state index contributed by atoms with van der Waals surface area (Å²) in [4.78, 5) is 11.3. The topological polar surface area (TPSA) is 75.3 Å². The normalized spacial score (nSPS) is 22.8. The molecule has 1 amide bonds. The number of amides is 1. The van der Waals surface area contributed by atoms with Gasteiger partial charge in [0.2, 0.25) is 15.9 Å². The lowest BCUT2D eigenvalue weighted by molar-refractivity contribution is -0.114. The lowest BCUT2D eigenvalue weighted by Gasteiger charge is -2.27. The van der Waals surface area contributed by atoms with Gasteiger partial charge in [0, 0.05) is 23.5 Å². The second kappa shape index (κ2) is 6.89. The van der Waals surface area contributed by atoms with Crippen molar-refractivity contribution in [3.8, 4) is 0 Å². The Morgan fingerprint density at radius 2 is 1.81 bits per heavy atom. The van der Waals surface area contributed by atoms with Crippen LogP contribution in [0, 0.1) is 0 Å². The smallest absolute Gasteiger partial charge is 0.240 e. The average Bonchev–Trinajstić information content (AvgIpc) is 2.41. The highest BCUT2D eigenvalue weighted by atomic mass is 79.9. The molecule has 1 saturated carbocycles. The first kappa shape index (κ1) is 16.5. The first-order valence-electron chi connectivity index (χ1n) is 6.92. The molecule has 1 aliphatic carbocycles. The molecule has 5 nitrogen and oxygen atoms in total. The van der Waals surface area contributed by atoms with Crippen molar-refractivity contribution in [2.24, 2.45) is 0 Å². The van der Waals surface area contributed by atoms with Crippen molar-refractivity contribution in [2.45, 2.75) is 48.4 Å². The number of halogens is 1. The van der Waals surface area contributed by atoms with Crippen LogP contribution in [-0.2, 0) is 14.8 Å². The van der Waals surface area contributed by atoms with Gasteiger partial charge in [-0.3, -0.25) is 4.79 Å². The molecule has 116 valence electrons. The second-order valence-corrected chi connectivity index (χ2v) is 8.12. The Hall–Kier alpha value is -0.920. The molecular formula is C14H19BrN2O3S. The third-order valence-corrected chi connectivity index (χ3v) is 6.07. The summed E-state index contributed by atoms with van der Waals surface area (Å²) in [6.07, 6.45) is 3.99. The molecule has 0 saturated heterocycles. The predicted molar refractivity (Wildman–Crippen MR) is 86.0 cm³/mol. The van der Waals surface area contributed by atoms with Crippen LogP contribution in [0.25, 0.3) is 0 Å². The summed E-state index contributed by atoms with van der Waals surface area (Å²) in [5.41, 5.74) is 0.581. The molecule has 1 aromatic carbocycles. The van der Waals surface area contributed by atoms with E-state index >= 15 is 0 Å². The van der Waals surface area contributed by atoms with Crippen molar-refractivity contribution in [3.05, 3.63) is 24.3 Å². The van der Waals surface area contributed by atoms with Gasteiger partial charge in [-0.1, -0.05) is 28.8 Å². The summed E-state index contributed by atoms with van der Waals surface area (Å²) >= 11 is 3.54. The highest BCUT2D eigenvalue weighted by Crippen LogP contribution is 2.26. The maximum Gasteiger partial charge on any atom is 0.240 e. The number of anilines is 1. The van der Waals surface area contributed by atoms with Crippen LogP contribution in [-0.4, -0.2) is 25.2 Å². The summed E-state index contributed by atoms with van der Waals surface area (Å²) in [5.74, 6) is -0.187. The maximum absolute atomic E-state index is 12.4. The van der Waals surface area contributed by atoms with E-state index in [1.807, 2.05) is 0 Å². The lowest BCUT2D eigenvalue weighted by atomic mass is 9.96. The van der Waals surface area contributed by atoms with E-state index in [1.54, 1.807) is 12.1 Å². The molecule has 0 radical (unpaired) electrons. The van der Waals surface area contributed by atoms with Crippen molar-refractivity contribution in [2.75, 3.05) is 5.32 Å². The number of alkyl halides is 1. The minimum Gasteiger partial charge on any atom is -0.326 e. The van der Waals surface area contributed by atoms with Gasteiger partial charge in [0.05, 0.1) is 4.90 Å². The van der Waals surface area contributed by atoms with Gasteiger partial charge in [-0.25, -0.2) is 13.1 Å². The number of hydrogen-bond donors (Lipinski definition) is 2. The number of rotatable bonds is 4. The Morgan fingerprint density at radius 1 is 1.19 bits per heavy atom. The van der Waals surface area contributed by atoms with Crippen LogP contribution in [0.1, 0.15) is 32.6 Å². The van der Waals surface area contributed by atoms with Crippen LogP contribution in [0.5, 0.6) is 0 Å². The lowest BCUT2D eigenvalue weighted by Crippen LogP contribution is -2.42. The molecule has 1 fully saturated rings. The van der Waals surface area contributed by atoms with Crippen molar-refractivity contribution in [1.82, 2.24) is 4.72 Å². The van der Waals surface area contributed by atoms with E-state index in [0.717, 1.165) is 25.7 Å². The van der Waals surface area contributed by atoms with Crippen LogP contribution in [0.2, 0.25) is 0 Å². The molecule has 0 spiro atoms. The van der Waals surface area contributed by atoms with Crippen LogP contribution in [0.15, 0.2) is 29.2 Å². The molecule has 7 heteroatoms. The molecule has 2 N–H and O–H groups in total. The van der Waals surface area contributed by atoms with Crippen LogP contribution in [0.4, 0.5) is 5.69 Å². The van der Waals surface area contributed by atoms with E-state index in [0.29, 0.717) is 5.69 Å². The van der Waals surface area contributed by atoms with Gasteiger partial charge in [-0.15, -0.1) is 0 Å². The van der Waals surface area contributed by atoms with E-state index in [1.165, 1.54) is 19.1 Å². The Kier molecular flexibility index (Phi) is 5.40. The zero-order valence-electron chi connectivity index (χ0n) is 11.8. The molecule has 0 heterocycles. The molecule has 0 aliphatic heterocycles. The fourth-order valence-corrected chi connectivity index (χ4v) is 4.61. The first-order valence-corrected chi connectivity index (χ1v) is 9.32. The Morgan fingerprint density at radius 3 is 2.38 bits per heavy atom. The Balaban J connectivity index is 2.10. The number of sulfonamides is 1. The molecule has 0 bridgehead atoms. The number of hydrogen-bond acceptors (Lipinski definition) is 3. The fraction of sp³-hybridized carbons (Fsp3) is 0.500. The zero-order valence-corrected chi connectivity index (χ0v) is 14.2. The van der Waals surface area contributed by atoms with Gasteiger partial charge in [-0.2, -0.15) is 0 Å². The second-order valence-electron chi connectivity index (χ2n) is 5.23. The number of carbonyl (C=O) groups is 1. The highest BCUT2D eigenvalue weighted by Gasteiger charge is 2.27. The average molecular weight is 375 g/mol. The largest absolute Gasteiger partial charge is 0.326 e. The van der Waals surface area contributed by atoms with Crippen molar-refractivity contribution in [3.63, 3.8) is 0 Å². The van der Waals surface area contributed by atoms with Crippen molar-refractivity contribution < 1.29 is 13.2 Å². The van der Waals surface area contributed by atoms with E-state index in [9.17, 15) is 13.2 Å². The molecule has 2 rings (SSSR count). The van der Waals surface area contributed by atoms with Crippen LogP contribution in [0.3, 0.4) is 0 Å². The molecular weight excluding hydrogens is 356 g/mol. The summed E-state index contributed by atoms with van der Waals surface area (Å²) in [6, 6.07) is 6.10. The van der Waals surface area contributed by atoms with E-state index < -0.39 is 10.0 Å². The minimum absolute atomic E-state index is 0.0706. The van der Waals surface area contributed by atoms with Gasteiger partial charge in [0.1, 0.15) is 0 Å². The standard InChI is InChI=1S/C14H19BrN2O3S/c1-10(18)16-11-6-8-12(9-7-11)21(19,20)17-14-5-3-2-4-13(14)15/h6-9,13-14,17H,2-5H2,1H3,(H,16,18). The third-order valence-electron chi connectivity index (χ3n) is 3.47. The van der Waals surface area contributed by atoms with Gasteiger partial charge < -0.3 is 5.32 Å². The summed E-state index contributed by atoms with van der Waals surface area (Å²) in [5, 5.41) is 2.61. The quantitative estimate of drug-likeness (QED) is 0.795. The van der Waals surface area contributed by atoms with E-state index in [4.69, 9.17) is 0 Å². The summed E-state index contributed by atoms with van der Waals surface area (Å²) < 4.78 is 27.5. The Bertz CT molecular complexity index is 601. The van der Waals surface area contributed by atoms with Gasteiger partial charge >= 0.3 is 0 Å². The van der Waals surface area contributed by atoms with Crippen LogP contribution >= 0.6 is 15.9 Å². The zero-order chi connectivity index (χ0) is 15.5. The number of benzene rings is 1.